The second-order valence-corrected chi connectivity index (χ2v) is 8.31. The van der Waals surface area contributed by atoms with Crippen LogP contribution in [0.5, 0.6) is 0 Å². The Kier molecular flexibility index (Phi) is 5.55. The second-order valence-electron chi connectivity index (χ2n) is 7.41. The maximum atomic E-state index is 12.9. The molecule has 3 aromatic rings. The predicted octanol–water partition coefficient (Wildman–Crippen LogP) is 2.82. The summed E-state index contributed by atoms with van der Waals surface area (Å²) in [5, 5.41) is 6.10. The van der Waals surface area contributed by atoms with Crippen molar-refractivity contribution in [3.05, 3.63) is 53.2 Å². The number of hydrogen-bond donors (Lipinski definition) is 1. The molecule has 1 N–H and O–H groups in total. The van der Waals surface area contributed by atoms with E-state index in [1.54, 1.807) is 25.2 Å². The number of anilines is 1. The first-order valence-corrected chi connectivity index (χ1v) is 10.4. The van der Waals surface area contributed by atoms with E-state index in [4.69, 9.17) is 4.98 Å². The first kappa shape index (κ1) is 19.5. The van der Waals surface area contributed by atoms with Crippen LogP contribution in [-0.2, 0) is 4.79 Å². The van der Waals surface area contributed by atoms with Gasteiger partial charge in [-0.2, -0.15) is 0 Å². The lowest BCUT2D eigenvalue weighted by atomic mass is 9.99. The molecule has 0 spiro atoms. The summed E-state index contributed by atoms with van der Waals surface area (Å²) in [6.45, 7) is 2.02. The average Bonchev–Trinajstić information content (AvgIpc) is 3.39. The first-order valence-electron chi connectivity index (χ1n) is 9.54. The Bertz CT molecular complexity index is 1030. The first-order chi connectivity index (χ1) is 14.0. The number of nitrogens with one attached hydrogen (secondary N) is 1. The number of carbonyl (C=O) groups is 2. The van der Waals surface area contributed by atoms with Crippen molar-refractivity contribution < 1.29 is 9.59 Å². The van der Waals surface area contributed by atoms with Crippen molar-refractivity contribution in [3.8, 4) is 0 Å². The third kappa shape index (κ3) is 4.28. The monoisotopic (exact) mass is 409 g/mol. The average molecular weight is 410 g/mol. The van der Waals surface area contributed by atoms with E-state index in [1.807, 2.05) is 35.7 Å². The number of nitrogens with zero attached hydrogens (tertiary/aromatic N) is 4. The minimum atomic E-state index is -0.183. The molecule has 2 amide bonds. The molecule has 1 fully saturated rings. The Hall–Kier alpha value is -2.84. The van der Waals surface area contributed by atoms with Gasteiger partial charge in [0.05, 0.1) is 17.6 Å². The SMILES string of the molecule is CN(C)C(=O)CN1CC[C@H](c2cc(C(=O)Nc3nccs3)c3ccccc3n2)C1. The fraction of sp³-hybridized carbons (Fsp3) is 0.333. The molecule has 1 aliphatic heterocycles. The van der Waals surface area contributed by atoms with Crippen molar-refractivity contribution in [2.24, 2.45) is 0 Å². The van der Waals surface area contributed by atoms with E-state index < -0.39 is 0 Å². The van der Waals surface area contributed by atoms with E-state index in [1.165, 1.54) is 11.3 Å². The third-order valence-corrected chi connectivity index (χ3v) is 5.87. The smallest absolute Gasteiger partial charge is 0.258 e. The number of benzene rings is 1. The molecular formula is C21H23N5O2S. The fourth-order valence-corrected chi connectivity index (χ4v) is 4.12. The van der Waals surface area contributed by atoms with Gasteiger partial charge in [0.2, 0.25) is 5.91 Å². The number of amides is 2. The summed E-state index contributed by atoms with van der Waals surface area (Å²) in [7, 11) is 3.54. The van der Waals surface area contributed by atoms with Gasteiger partial charge >= 0.3 is 0 Å². The summed E-state index contributed by atoms with van der Waals surface area (Å²) in [6, 6.07) is 9.58. The molecular weight excluding hydrogens is 386 g/mol. The molecule has 150 valence electrons. The van der Waals surface area contributed by atoms with Gasteiger partial charge in [-0.3, -0.25) is 24.8 Å². The van der Waals surface area contributed by atoms with E-state index in [0.717, 1.165) is 36.1 Å². The highest BCUT2D eigenvalue weighted by Gasteiger charge is 2.28. The molecule has 29 heavy (non-hydrogen) atoms. The highest BCUT2D eigenvalue weighted by atomic mass is 32.1. The van der Waals surface area contributed by atoms with Crippen LogP contribution in [0.4, 0.5) is 5.13 Å². The Morgan fingerprint density at radius 1 is 1.31 bits per heavy atom. The van der Waals surface area contributed by atoms with Crippen molar-refractivity contribution in [3.63, 3.8) is 0 Å². The zero-order valence-corrected chi connectivity index (χ0v) is 17.3. The molecule has 1 atom stereocenters. The van der Waals surface area contributed by atoms with Crippen LogP contribution < -0.4 is 5.32 Å². The Morgan fingerprint density at radius 2 is 2.14 bits per heavy atom. The number of para-hydroxylation sites is 1. The minimum Gasteiger partial charge on any atom is -0.348 e. The summed E-state index contributed by atoms with van der Waals surface area (Å²) in [5.74, 6) is 0.110. The van der Waals surface area contributed by atoms with Crippen LogP contribution in [-0.4, -0.2) is 65.3 Å². The van der Waals surface area contributed by atoms with E-state index in [9.17, 15) is 9.59 Å². The van der Waals surface area contributed by atoms with Crippen LogP contribution >= 0.6 is 11.3 Å². The molecule has 7 nitrogen and oxygen atoms in total. The molecule has 8 heteroatoms. The molecule has 1 aliphatic rings. The zero-order chi connectivity index (χ0) is 20.4. The van der Waals surface area contributed by atoms with Crippen LogP contribution in [0.1, 0.15) is 28.4 Å². The van der Waals surface area contributed by atoms with Gasteiger partial charge in [0, 0.05) is 49.2 Å². The Balaban J connectivity index is 1.60. The third-order valence-electron chi connectivity index (χ3n) is 5.18. The van der Waals surface area contributed by atoms with Crippen LogP contribution in [0.15, 0.2) is 41.9 Å². The standard InChI is InChI=1S/C21H23N5O2S/c1-25(2)19(27)13-26-9-7-14(12-26)18-11-16(15-5-3-4-6-17(15)23-18)20(28)24-21-22-8-10-29-21/h3-6,8,10-11,14H,7,9,12-13H2,1-2H3,(H,22,24,28)/t14-/m0/s1. The number of thiazole rings is 1. The lowest BCUT2D eigenvalue weighted by molar-refractivity contribution is -0.129. The number of aromatic nitrogens is 2. The van der Waals surface area contributed by atoms with Crippen molar-refractivity contribution in [2.75, 3.05) is 39.0 Å². The predicted molar refractivity (Wildman–Crippen MR) is 114 cm³/mol. The normalized spacial score (nSPS) is 16.8. The van der Waals surface area contributed by atoms with Gasteiger partial charge in [0.1, 0.15) is 0 Å². The van der Waals surface area contributed by atoms with E-state index in [2.05, 4.69) is 15.2 Å². The minimum absolute atomic E-state index is 0.0978. The van der Waals surface area contributed by atoms with Crippen molar-refractivity contribution in [2.45, 2.75) is 12.3 Å². The summed E-state index contributed by atoms with van der Waals surface area (Å²) in [5.41, 5.74) is 2.30. The van der Waals surface area contributed by atoms with E-state index in [0.29, 0.717) is 17.2 Å². The van der Waals surface area contributed by atoms with Crippen LogP contribution in [0.2, 0.25) is 0 Å². The van der Waals surface area contributed by atoms with Gasteiger partial charge in [0.25, 0.3) is 5.91 Å². The number of pyridine rings is 1. The van der Waals surface area contributed by atoms with Crippen molar-refractivity contribution in [1.82, 2.24) is 19.8 Å². The molecule has 0 bridgehead atoms. The molecule has 0 unspecified atom stereocenters. The maximum absolute atomic E-state index is 12.9. The van der Waals surface area contributed by atoms with Gasteiger partial charge in [-0.25, -0.2) is 4.98 Å². The molecule has 4 rings (SSSR count). The fourth-order valence-electron chi connectivity index (χ4n) is 3.59. The lowest BCUT2D eigenvalue weighted by Gasteiger charge is -2.18. The number of likely N-dealkylation sites (tertiary alicyclic amines) is 1. The van der Waals surface area contributed by atoms with Crippen LogP contribution in [0.25, 0.3) is 10.9 Å². The lowest BCUT2D eigenvalue weighted by Crippen LogP contribution is -2.35. The summed E-state index contributed by atoms with van der Waals surface area (Å²) in [6.07, 6.45) is 2.58. The number of rotatable bonds is 5. The van der Waals surface area contributed by atoms with Crippen LogP contribution in [0, 0.1) is 0 Å². The highest BCUT2D eigenvalue weighted by molar-refractivity contribution is 7.13. The number of carbonyl (C=O) groups excluding carboxylic acids is 2. The van der Waals surface area contributed by atoms with Crippen LogP contribution in [0.3, 0.4) is 0 Å². The molecule has 1 saturated heterocycles. The van der Waals surface area contributed by atoms with Gasteiger partial charge in [-0.05, 0) is 25.1 Å². The number of fused-ring (bicyclic) bond motifs is 1. The van der Waals surface area contributed by atoms with E-state index in [-0.39, 0.29) is 17.7 Å². The largest absolute Gasteiger partial charge is 0.348 e. The van der Waals surface area contributed by atoms with Gasteiger partial charge in [-0.1, -0.05) is 18.2 Å². The second kappa shape index (κ2) is 8.26. The summed E-state index contributed by atoms with van der Waals surface area (Å²) in [4.78, 5) is 37.7. The summed E-state index contributed by atoms with van der Waals surface area (Å²) < 4.78 is 0. The molecule has 0 radical (unpaired) electrons. The Morgan fingerprint density at radius 3 is 2.90 bits per heavy atom. The highest BCUT2D eigenvalue weighted by Crippen LogP contribution is 2.29. The van der Waals surface area contributed by atoms with Crippen molar-refractivity contribution >= 4 is 39.2 Å². The molecule has 2 aromatic heterocycles. The van der Waals surface area contributed by atoms with Gasteiger partial charge in [0.15, 0.2) is 5.13 Å². The summed E-state index contributed by atoms with van der Waals surface area (Å²) >= 11 is 1.39. The number of likely N-dealkylation sites (N-methyl/N-ethyl adjacent to an activating group) is 1. The van der Waals surface area contributed by atoms with E-state index >= 15 is 0 Å². The molecule has 1 aromatic carbocycles. The molecule has 0 aliphatic carbocycles. The van der Waals surface area contributed by atoms with Gasteiger partial charge < -0.3 is 4.90 Å². The zero-order valence-electron chi connectivity index (χ0n) is 16.5. The number of hydrogen-bond acceptors (Lipinski definition) is 6. The Labute approximate surface area is 173 Å². The van der Waals surface area contributed by atoms with Crippen molar-refractivity contribution in [1.29, 1.82) is 0 Å². The quantitative estimate of drug-likeness (QED) is 0.701. The topological polar surface area (TPSA) is 78.4 Å². The van der Waals surface area contributed by atoms with Gasteiger partial charge in [-0.15, -0.1) is 11.3 Å². The molecule has 0 saturated carbocycles. The maximum Gasteiger partial charge on any atom is 0.258 e. The molecule has 3 heterocycles.